The van der Waals surface area contributed by atoms with Crippen molar-refractivity contribution in [3.63, 3.8) is 0 Å². The van der Waals surface area contributed by atoms with E-state index in [0.717, 1.165) is 37.5 Å². The molecule has 39 heavy (non-hydrogen) atoms. The van der Waals surface area contributed by atoms with Gasteiger partial charge in [0.1, 0.15) is 16.7 Å². The molecule has 0 aliphatic heterocycles. The molecule has 3 rings (SSSR count). The molecule has 1 aliphatic carbocycles. The number of nitro benzene ring substituents is 1. The summed E-state index contributed by atoms with van der Waals surface area (Å²) >= 11 is 6.11. The minimum Gasteiger partial charge on any atom is -0.495 e. The summed E-state index contributed by atoms with van der Waals surface area (Å²) in [4.78, 5) is 35.1. The number of anilines is 1. The number of nitro groups is 1. The Morgan fingerprint density at radius 2 is 1.90 bits per heavy atom. The lowest BCUT2D eigenvalue weighted by Crippen LogP contribution is -2.36. The highest BCUT2D eigenvalue weighted by atomic mass is 35.5. The van der Waals surface area contributed by atoms with Crippen molar-refractivity contribution in [3.8, 4) is 5.75 Å². The zero-order valence-electron chi connectivity index (χ0n) is 22.0. The van der Waals surface area contributed by atoms with Crippen molar-refractivity contribution < 1.29 is 37.1 Å². The van der Waals surface area contributed by atoms with Gasteiger partial charge in [0.25, 0.3) is 15.7 Å². The molecule has 3 unspecified atom stereocenters. The second-order valence-electron chi connectivity index (χ2n) is 9.82. The van der Waals surface area contributed by atoms with Gasteiger partial charge in [-0.05, 0) is 54.9 Å². The Labute approximate surface area is 232 Å². The first-order valence-electron chi connectivity index (χ1n) is 12.3. The van der Waals surface area contributed by atoms with Crippen LogP contribution in [0, 0.1) is 27.9 Å². The van der Waals surface area contributed by atoms with Gasteiger partial charge >= 0.3 is 11.9 Å². The molecular weight excluding hydrogens is 552 g/mol. The molecule has 0 heterocycles. The summed E-state index contributed by atoms with van der Waals surface area (Å²) in [5.74, 6) is -0.628. The maximum absolute atomic E-state index is 13.1. The third-order valence-electron chi connectivity index (χ3n) is 6.66. The Bertz CT molecular complexity index is 1350. The number of hydrogen-bond acceptors (Lipinski definition) is 9. The molecule has 212 valence electrons. The Kier molecular flexibility index (Phi) is 9.78. The molecule has 2 aromatic rings. The highest BCUT2D eigenvalue weighted by Gasteiger charge is 2.33. The second kappa shape index (κ2) is 12.6. The third-order valence-corrected chi connectivity index (χ3v) is 8.51. The number of esters is 2. The topological polar surface area (TPSA) is 151 Å². The summed E-state index contributed by atoms with van der Waals surface area (Å²) in [6, 6.07) is 6.81. The van der Waals surface area contributed by atoms with Crippen LogP contribution in [0.3, 0.4) is 0 Å². The summed E-state index contributed by atoms with van der Waals surface area (Å²) in [5, 5.41) is 10.9. The quantitative estimate of drug-likeness (QED) is 0.226. The number of nitrogens with one attached hydrogen (secondary N) is 1. The van der Waals surface area contributed by atoms with Crippen LogP contribution in [0.1, 0.15) is 50.4 Å². The number of sulfonamides is 1. The predicted octanol–water partition coefficient (Wildman–Crippen LogP) is 5.22. The molecule has 11 nitrogen and oxygen atoms in total. The van der Waals surface area contributed by atoms with Gasteiger partial charge in [-0.1, -0.05) is 38.8 Å². The number of ether oxygens (including phenoxy) is 3. The van der Waals surface area contributed by atoms with Crippen molar-refractivity contribution in [3.05, 3.63) is 57.1 Å². The molecule has 1 aliphatic rings. The molecule has 3 atom stereocenters. The minimum atomic E-state index is -4.43. The van der Waals surface area contributed by atoms with E-state index < -0.39 is 38.4 Å². The molecule has 1 N–H and O–H groups in total. The van der Waals surface area contributed by atoms with Gasteiger partial charge < -0.3 is 14.2 Å². The zero-order valence-corrected chi connectivity index (χ0v) is 23.6. The molecule has 0 radical (unpaired) electrons. The summed E-state index contributed by atoms with van der Waals surface area (Å²) < 4.78 is 44.2. The Balaban J connectivity index is 1.72. The Morgan fingerprint density at radius 3 is 2.54 bits per heavy atom. The highest BCUT2D eigenvalue weighted by molar-refractivity contribution is 7.92. The number of benzene rings is 2. The molecule has 2 aromatic carbocycles. The summed E-state index contributed by atoms with van der Waals surface area (Å²) in [7, 11) is -3.16. The fourth-order valence-corrected chi connectivity index (χ4v) is 6.17. The lowest BCUT2D eigenvalue weighted by Gasteiger charge is -2.36. The fourth-order valence-electron chi connectivity index (χ4n) is 4.59. The molecule has 0 amide bonds. The van der Waals surface area contributed by atoms with Crippen LogP contribution in [0.4, 0.5) is 11.4 Å². The average molecular weight is 583 g/mol. The Hall–Kier alpha value is -3.38. The van der Waals surface area contributed by atoms with Gasteiger partial charge in [-0.25, -0.2) is 18.0 Å². The Morgan fingerprint density at radius 1 is 1.18 bits per heavy atom. The van der Waals surface area contributed by atoms with E-state index in [1.807, 2.05) is 0 Å². The lowest BCUT2D eigenvalue weighted by molar-refractivity contribution is -0.384. The van der Waals surface area contributed by atoms with E-state index in [9.17, 15) is 28.1 Å². The van der Waals surface area contributed by atoms with E-state index in [1.54, 1.807) is 0 Å². The van der Waals surface area contributed by atoms with Crippen LogP contribution in [0.5, 0.6) is 5.75 Å². The van der Waals surface area contributed by atoms with Crippen LogP contribution < -0.4 is 9.46 Å². The SMILES string of the molecule is COc1ccc([N+](=O)[O-])cc1NS(=O)(=O)c1cc(C(=O)OCC(=O)OC2CC(C)CCC2C(C)C)ccc1Cl. The number of hydrogen-bond donors (Lipinski definition) is 1. The number of carbonyl (C=O) groups excluding carboxylic acids is 2. The number of rotatable bonds is 10. The predicted molar refractivity (Wildman–Crippen MR) is 143 cm³/mol. The van der Waals surface area contributed by atoms with E-state index in [0.29, 0.717) is 11.8 Å². The first-order valence-corrected chi connectivity index (χ1v) is 14.2. The van der Waals surface area contributed by atoms with Crippen molar-refractivity contribution in [2.45, 2.75) is 51.0 Å². The van der Waals surface area contributed by atoms with Crippen LogP contribution in [-0.4, -0.2) is 45.1 Å². The number of non-ortho nitro benzene ring substituents is 1. The maximum atomic E-state index is 13.1. The van der Waals surface area contributed by atoms with Gasteiger partial charge in [0.05, 0.1) is 28.3 Å². The summed E-state index contributed by atoms with van der Waals surface area (Å²) in [6.45, 7) is 5.63. The number of halogens is 1. The van der Waals surface area contributed by atoms with Crippen molar-refractivity contribution >= 4 is 44.9 Å². The third kappa shape index (κ3) is 7.60. The second-order valence-corrected chi connectivity index (χ2v) is 11.9. The summed E-state index contributed by atoms with van der Waals surface area (Å²) in [6.07, 6.45) is 2.50. The van der Waals surface area contributed by atoms with Gasteiger partial charge in [0.15, 0.2) is 6.61 Å². The normalized spacial score (nSPS) is 19.3. The van der Waals surface area contributed by atoms with Gasteiger partial charge in [-0.15, -0.1) is 0 Å². The van der Waals surface area contributed by atoms with E-state index >= 15 is 0 Å². The van der Waals surface area contributed by atoms with Gasteiger partial charge in [-0.3, -0.25) is 14.8 Å². The molecule has 1 fully saturated rings. The van der Waals surface area contributed by atoms with Gasteiger partial charge in [0.2, 0.25) is 0 Å². The van der Waals surface area contributed by atoms with Crippen LogP contribution >= 0.6 is 11.6 Å². The standard InChI is InChI=1S/C26H31ClN2O9S/c1-15(2)19-8-5-16(3)11-23(19)38-25(30)14-37-26(31)17-6-9-20(27)24(12-17)39(34,35)28-21-13-18(29(32)33)7-10-22(21)36-4/h6-7,9-10,12-13,15-16,19,23,28H,5,8,11,14H2,1-4H3. The van der Waals surface area contributed by atoms with Gasteiger partial charge in [-0.2, -0.15) is 0 Å². The van der Waals surface area contributed by atoms with E-state index in [-0.39, 0.29) is 39.7 Å². The molecule has 0 bridgehead atoms. The summed E-state index contributed by atoms with van der Waals surface area (Å²) in [5.41, 5.74) is -0.744. The molecule has 0 saturated heterocycles. The zero-order chi connectivity index (χ0) is 28.9. The average Bonchev–Trinajstić information content (AvgIpc) is 2.87. The van der Waals surface area contributed by atoms with E-state index in [4.69, 9.17) is 25.8 Å². The van der Waals surface area contributed by atoms with Crippen molar-refractivity contribution in [1.29, 1.82) is 0 Å². The molecule has 13 heteroatoms. The minimum absolute atomic E-state index is 0.0291. The van der Waals surface area contributed by atoms with Crippen LogP contribution in [-0.2, 0) is 24.3 Å². The monoisotopic (exact) mass is 582 g/mol. The smallest absolute Gasteiger partial charge is 0.344 e. The van der Waals surface area contributed by atoms with Crippen molar-refractivity contribution in [2.24, 2.45) is 17.8 Å². The molecule has 0 spiro atoms. The van der Waals surface area contributed by atoms with Gasteiger partial charge in [0, 0.05) is 12.1 Å². The highest BCUT2D eigenvalue weighted by Crippen LogP contribution is 2.36. The molecule has 1 saturated carbocycles. The van der Waals surface area contributed by atoms with E-state index in [1.165, 1.54) is 25.3 Å². The van der Waals surface area contributed by atoms with Crippen LogP contribution in [0.25, 0.3) is 0 Å². The van der Waals surface area contributed by atoms with E-state index in [2.05, 4.69) is 25.5 Å². The largest absolute Gasteiger partial charge is 0.495 e. The number of carbonyl (C=O) groups is 2. The molecular formula is C26H31ClN2O9S. The number of methoxy groups -OCH3 is 1. The maximum Gasteiger partial charge on any atom is 0.344 e. The lowest BCUT2D eigenvalue weighted by atomic mass is 9.75. The first kappa shape index (κ1) is 30.2. The first-order chi connectivity index (χ1) is 18.3. The van der Waals surface area contributed by atoms with Crippen LogP contribution in [0.2, 0.25) is 5.02 Å². The fraction of sp³-hybridized carbons (Fsp3) is 0.462. The number of nitrogens with zero attached hydrogens (tertiary/aromatic N) is 1. The van der Waals surface area contributed by atoms with Crippen molar-refractivity contribution in [1.82, 2.24) is 0 Å². The van der Waals surface area contributed by atoms with Crippen LogP contribution in [0.15, 0.2) is 41.3 Å². The van der Waals surface area contributed by atoms with Crippen molar-refractivity contribution in [2.75, 3.05) is 18.4 Å². The molecule has 0 aromatic heterocycles.